The Morgan fingerprint density at radius 1 is 1.10 bits per heavy atom. The lowest BCUT2D eigenvalue weighted by Gasteiger charge is -2.22. The van der Waals surface area contributed by atoms with Gasteiger partial charge in [0.2, 0.25) is 0 Å². The fourth-order valence-corrected chi connectivity index (χ4v) is 3.85. The Hall–Kier alpha value is -2.79. The molecule has 4 rings (SSSR count). The number of aryl methyl sites for hydroxylation is 1. The molecule has 0 radical (unpaired) electrons. The number of nitrogens with zero attached hydrogens (tertiary/aromatic N) is 2. The van der Waals surface area contributed by atoms with Crippen LogP contribution in [0.4, 0.5) is 4.39 Å². The fourth-order valence-electron chi connectivity index (χ4n) is 3.85. The third-order valence-corrected chi connectivity index (χ3v) is 5.37. The van der Waals surface area contributed by atoms with E-state index in [0.29, 0.717) is 18.3 Å². The van der Waals surface area contributed by atoms with E-state index in [0.717, 1.165) is 47.6 Å². The third kappa shape index (κ3) is 4.98. The molecule has 1 atom stereocenters. The summed E-state index contributed by atoms with van der Waals surface area (Å²) in [5, 5.41) is 12.4. The van der Waals surface area contributed by atoms with Crippen molar-refractivity contribution in [2.45, 2.75) is 32.8 Å². The second-order valence-corrected chi connectivity index (χ2v) is 7.70. The molecule has 1 aliphatic heterocycles. The van der Waals surface area contributed by atoms with Gasteiger partial charge < -0.3 is 10.1 Å². The SMILES string of the molecule is Cc1cc(CC2CCCNC2)nnc1-c1ccc(F)cc1OCc1ccccc1. The van der Waals surface area contributed by atoms with Crippen LogP contribution in [-0.2, 0) is 13.0 Å². The lowest BCUT2D eigenvalue weighted by atomic mass is 9.94. The normalized spacial score (nSPS) is 16.6. The molecule has 0 bridgehead atoms. The summed E-state index contributed by atoms with van der Waals surface area (Å²) >= 11 is 0. The van der Waals surface area contributed by atoms with Crippen molar-refractivity contribution >= 4 is 0 Å². The van der Waals surface area contributed by atoms with Crippen LogP contribution in [0.1, 0.15) is 29.7 Å². The van der Waals surface area contributed by atoms with Gasteiger partial charge in [-0.05, 0) is 74.5 Å². The number of rotatable bonds is 6. The molecule has 1 aliphatic rings. The van der Waals surface area contributed by atoms with Crippen LogP contribution in [0.3, 0.4) is 0 Å². The smallest absolute Gasteiger partial charge is 0.132 e. The van der Waals surface area contributed by atoms with Crippen LogP contribution >= 0.6 is 0 Å². The zero-order chi connectivity index (χ0) is 20.1. The molecule has 2 aromatic carbocycles. The summed E-state index contributed by atoms with van der Waals surface area (Å²) in [7, 11) is 0. The zero-order valence-electron chi connectivity index (χ0n) is 16.7. The quantitative estimate of drug-likeness (QED) is 0.661. The molecular weight excluding hydrogens is 365 g/mol. The first-order valence-electron chi connectivity index (χ1n) is 10.2. The van der Waals surface area contributed by atoms with Gasteiger partial charge in [0.05, 0.1) is 11.4 Å². The topological polar surface area (TPSA) is 47.0 Å². The lowest BCUT2D eigenvalue weighted by molar-refractivity contribution is 0.306. The molecule has 4 nitrogen and oxygen atoms in total. The molecule has 1 aromatic heterocycles. The van der Waals surface area contributed by atoms with E-state index in [1.165, 1.54) is 25.0 Å². The van der Waals surface area contributed by atoms with Crippen molar-refractivity contribution in [1.29, 1.82) is 0 Å². The number of piperidine rings is 1. The van der Waals surface area contributed by atoms with E-state index >= 15 is 0 Å². The maximum Gasteiger partial charge on any atom is 0.132 e. The van der Waals surface area contributed by atoms with E-state index in [1.807, 2.05) is 37.3 Å². The lowest BCUT2D eigenvalue weighted by Crippen LogP contribution is -2.31. The minimum atomic E-state index is -0.330. The Balaban J connectivity index is 1.55. The Labute approximate surface area is 171 Å². The first kappa shape index (κ1) is 19.5. The zero-order valence-corrected chi connectivity index (χ0v) is 16.7. The van der Waals surface area contributed by atoms with Crippen LogP contribution < -0.4 is 10.1 Å². The molecule has 0 aliphatic carbocycles. The van der Waals surface area contributed by atoms with E-state index < -0.39 is 0 Å². The molecule has 1 fully saturated rings. The number of benzene rings is 2. The third-order valence-electron chi connectivity index (χ3n) is 5.37. The predicted molar refractivity (Wildman–Crippen MR) is 112 cm³/mol. The van der Waals surface area contributed by atoms with Crippen molar-refractivity contribution in [3.63, 3.8) is 0 Å². The Bertz CT molecular complexity index is 956. The molecule has 1 saturated heterocycles. The molecule has 2 heterocycles. The maximum atomic E-state index is 13.9. The van der Waals surface area contributed by atoms with Crippen molar-refractivity contribution in [2.24, 2.45) is 5.92 Å². The van der Waals surface area contributed by atoms with Crippen LogP contribution in [0.15, 0.2) is 54.6 Å². The highest BCUT2D eigenvalue weighted by atomic mass is 19.1. The second kappa shape index (κ2) is 9.14. The number of aromatic nitrogens is 2. The van der Waals surface area contributed by atoms with Gasteiger partial charge >= 0.3 is 0 Å². The van der Waals surface area contributed by atoms with Gasteiger partial charge in [0, 0.05) is 11.6 Å². The molecule has 3 aromatic rings. The first-order valence-corrected chi connectivity index (χ1v) is 10.2. The molecule has 1 unspecified atom stereocenters. The van der Waals surface area contributed by atoms with Crippen molar-refractivity contribution < 1.29 is 9.13 Å². The molecule has 5 heteroatoms. The fraction of sp³-hybridized carbons (Fsp3) is 0.333. The van der Waals surface area contributed by atoms with E-state index in [9.17, 15) is 4.39 Å². The van der Waals surface area contributed by atoms with Crippen LogP contribution in [0.25, 0.3) is 11.3 Å². The number of nitrogens with one attached hydrogen (secondary N) is 1. The second-order valence-electron chi connectivity index (χ2n) is 7.70. The summed E-state index contributed by atoms with van der Waals surface area (Å²) in [6.07, 6.45) is 3.37. The van der Waals surface area contributed by atoms with Gasteiger partial charge in [-0.25, -0.2) is 4.39 Å². The largest absolute Gasteiger partial charge is 0.488 e. The monoisotopic (exact) mass is 391 g/mol. The molecule has 0 amide bonds. The van der Waals surface area contributed by atoms with Crippen molar-refractivity contribution in [3.8, 4) is 17.0 Å². The maximum absolute atomic E-state index is 13.9. The number of hydrogen-bond donors (Lipinski definition) is 1. The van der Waals surface area contributed by atoms with Gasteiger partial charge in [-0.1, -0.05) is 30.3 Å². The van der Waals surface area contributed by atoms with Crippen molar-refractivity contribution in [1.82, 2.24) is 15.5 Å². The van der Waals surface area contributed by atoms with E-state index in [1.54, 1.807) is 6.07 Å². The van der Waals surface area contributed by atoms with Crippen LogP contribution in [0, 0.1) is 18.7 Å². The van der Waals surface area contributed by atoms with Gasteiger partial charge in [0.1, 0.15) is 18.2 Å². The average molecular weight is 391 g/mol. The molecule has 1 N–H and O–H groups in total. The standard InChI is InChI=1S/C24H26FN3O/c1-17-12-21(13-19-8-5-11-26-15-19)27-28-24(17)22-10-9-20(25)14-23(22)29-16-18-6-3-2-4-7-18/h2-4,6-7,9-10,12,14,19,26H,5,8,11,13,15-16H2,1H3. The molecule has 150 valence electrons. The highest BCUT2D eigenvalue weighted by Gasteiger charge is 2.17. The summed E-state index contributed by atoms with van der Waals surface area (Å²) in [5.41, 5.74) is 4.56. The summed E-state index contributed by atoms with van der Waals surface area (Å²) in [5.74, 6) is 0.762. The van der Waals surface area contributed by atoms with Crippen LogP contribution in [-0.4, -0.2) is 23.3 Å². The van der Waals surface area contributed by atoms with E-state index in [2.05, 4.69) is 21.6 Å². The Morgan fingerprint density at radius 3 is 2.72 bits per heavy atom. The summed E-state index contributed by atoms with van der Waals surface area (Å²) in [6, 6.07) is 16.5. The number of ether oxygens (including phenoxy) is 1. The minimum absolute atomic E-state index is 0.330. The summed E-state index contributed by atoms with van der Waals surface area (Å²) in [4.78, 5) is 0. The Kier molecular flexibility index (Phi) is 6.15. The highest BCUT2D eigenvalue weighted by Crippen LogP contribution is 2.32. The van der Waals surface area contributed by atoms with Gasteiger partial charge in [0.15, 0.2) is 0 Å². The first-order chi connectivity index (χ1) is 14.2. The van der Waals surface area contributed by atoms with E-state index in [-0.39, 0.29) is 5.82 Å². The summed E-state index contributed by atoms with van der Waals surface area (Å²) in [6.45, 7) is 4.54. The van der Waals surface area contributed by atoms with Gasteiger partial charge in [-0.15, -0.1) is 5.10 Å². The molecule has 29 heavy (non-hydrogen) atoms. The van der Waals surface area contributed by atoms with Crippen LogP contribution in [0.2, 0.25) is 0 Å². The molecular formula is C24H26FN3O. The number of hydrogen-bond acceptors (Lipinski definition) is 4. The predicted octanol–water partition coefficient (Wildman–Crippen LogP) is 4.71. The van der Waals surface area contributed by atoms with Gasteiger partial charge in [-0.2, -0.15) is 5.10 Å². The van der Waals surface area contributed by atoms with Crippen molar-refractivity contribution in [2.75, 3.05) is 13.1 Å². The highest BCUT2D eigenvalue weighted by molar-refractivity contribution is 5.69. The van der Waals surface area contributed by atoms with Crippen LogP contribution in [0.5, 0.6) is 5.75 Å². The Morgan fingerprint density at radius 2 is 1.97 bits per heavy atom. The average Bonchev–Trinajstić information content (AvgIpc) is 2.74. The number of halogens is 1. The molecule has 0 saturated carbocycles. The summed E-state index contributed by atoms with van der Waals surface area (Å²) < 4.78 is 19.8. The minimum Gasteiger partial charge on any atom is -0.488 e. The molecule has 0 spiro atoms. The van der Waals surface area contributed by atoms with E-state index in [4.69, 9.17) is 4.74 Å². The van der Waals surface area contributed by atoms with Crippen molar-refractivity contribution in [3.05, 3.63) is 77.2 Å². The van der Waals surface area contributed by atoms with Gasteiger partial charge in [0.25, 0.3) is 0 Å². The van der Waals surface area contributed by atoms with Gasteiger partial charge in [-0.3, -0.25) is 0 Å².